The molecule has 0 saturated heterocycles. The van der Waals surface area contributed by atoms with Crippen LogP contribution in [0.3, 0.4) is 0 Å². The molecule has 0 aliphatic carbocycles. The van der Waals surface area contributed by atoms with Gasteiger partial charge in [-0.15, -0.1) is 0 Å². The molecule has 0 N–H and O–H groups in total. The normalized spacial score (nSPS) is 14.2. The number of hydrogen-bond acceptors (Lipinski definition) is 1. The van der Waals surface area contributed by atoms with Gasteiger partial charge in [0.15, 0.2) is 0 Å². The molecule has 0 spiro atoms. The molecule has 1 aliphatic rings. The zero-order valence-electron chi connectivity index (χ0n) is 12.8. The van der Waals surface area contributed by atoms with Crippen molar-refractivity contribution in [2.45, 2.75) is 39.5 Å². The summed E-state index contributed by atoms with van der Waals surface area (Å²) in [6.07, 6.45) is 0. The molecule has 104 valence electrons. The Morgan fingerprint density at radius 2 is 1.70 bits per heavy atom. The van der Waals surface area contributed by atoms with Gasteiger partial charge in [0, 0.05) is 12.4 Å². The van der Waals surface area contributed by atoms with Crippen LogP contribution in [0.4, 0.5) is 5.69 Å². The third-order valence-electron chi connectivity index (χ3n) is 4.33. The molecule has 0 bridgehead atoms. The van der Waals surface area contributed by atoms with E-state index in [-0.39, 0.29) is 5.91 Å². The number of carbonyl (C=O) groups is 1. The van der Waals surface area contributed by atoms with Crippen LogP contribution in [0.2, 0.25) is 0 Å². The third kappa shape index (κ3) is 1.67. The van der Waals surface area contributed by atoms with Gasteiger partial charge in [0.1, 0.15) is 0 Å². The summed E-state index contributed by atoms with van der Waals surface area (Å²) >= 11 is 0. The monoisotopic (exact) mass is 267 g/mol. The van der Waals surface area contributed by atoms with E-state index in [1.165, 1.54) is 16.5 Å². The van der Waals surface area contributed by atoms with E-state index in [0.717, 1.165) is 16.6 Å². The molecular weight excluding hydrogens is 246 g/mol. The van der Waals surface area contributed by atoms with Gasteiger partial charge in [-0.25, -0.2) is 0 Å². The van der Waals surface area contributed by atoms with Gasteiger partial charge >= 0.3 is 0 Å². The molecule has 0 radical (unpaired) electrons. The van der Waals surface area contributed by atoms with Crippen LogP contribution < -0.4 is 4.90 Å². The van der Waals surface area contributed by atoms with Gasteiger partial charge in [-0.1, -0.05) is 39.8 Å². The third-order valence-corrected chi connectivity index (χ3v) is 4.33. The van der Waals surface area contributed by atoms with Gasteiger partial charge in [-0.05, 0) is 40.5 Å². The number of nitrogens with zero attached hydrogens (tertiary/aromatic N) is 1. The number of benzene rings is 2. The van der Waals surface area contributed by atoms with Gasteiger partial charge < -0.3 is 4.90 Å². The summed E-state index contributed by atoms with van der Waals surface area (Å²) in [5.74, 6) is 1.01. The van der Waals surface area contributed by atoms with Crippen molar-refractivity contribution in [1.29, 1.82) is 0 Å². The summed E-state index contributed by atoms with van der Waals surface area (Å²) in [6, 6.07) is 8.60. The number of rotatable bonds is 2. The largest absolute Gasteiger partial charge is 0.311 e. The number of hydrogen-bond donors (Lipinski definition) is 0. The van der Waals surface area contributed by atoms with Crippen LogP contribution in [0.25, 0.3) is 10.8 Å². The van der Waals surface area contributed by atoms with Crippen LogP contribution in [0.1, 0.15) is 61.0 Å². The Morgan fingerprint density at radius 1 is 1.00 bits per heavy atom. The molecule has 0 aromatic heterocycles. The van der Waals surface area contributed by atoms with E-state index in [1.54, 1.807) is 4.90 Å². The van der Waals surface area contributed by atoms with Crippen molar-refractivity contribution in [3.8, 4) is 0 Å². The highest BCUT2D eigenvalue weighted by atomic mass is 16.2. The predicted molar refractivity (Wildman–Crippen MR) is 84.9 cm³/mol. The minimum Gasteiger partial charge on any atom is -0.311 e. The molecule has 1 aliphatic heterocycles. The van der Waals surface area contributed by atoms with Crippen LogP contribution >= 0.6 is 0 Å². The van der Waals surface area contributed by atoms with Crippen molar-refractivity contribution in [3.05, 3.63) is 41.0 Å². The Kier molecular flexibility index (Phi) is 2.86. The lowest BCUT2D eigenvalue weighted by molar-refractivity contribution is 0.0999. The summed E-state index contributed by atoms with van der Waals surface area (Å²) in [5, 5.41) is 2.38. The maximum atomic E-state index is 12.5. The second-order valence-corrected chi connectivity index (χ2v) is 6.34. The van der Waals surface area contributed by atoms with Gasteiger partial charge in [0.05, 0.1) is 11.3 Å². The standard InChI is InChI=1S/C18H21NO/c1-10(2)12-8-14-13(11(3)4)6-7-16-17(14)15(9-12)18(20)19(16)5/h6-11H,1-5H3. The summed E-state index contributed by atoms with van der Waals surface area (Å²) < 4.78 is 0. The van der Waals surface area contributed by atoms with Crippen molar-refractivity contribution in [1.82, 2.24) is 0 Å². The summed E-state index contributed by atoms with van der Waals surface area (Å²) in [7, 11) is 1.86. The van der Waals surface area contributed by atoms with Crippen molar-refractivity contribution >= 4 is 22.4 Å². The van der Waals surface area contributed by atoms with Crippen molar-refractivity contribution in [3.63, 3.8) is 0 Å². The fourth-order valence-electron chi connectivity index (χ4n) is 3.08. The molecule has 0 fully saturated rings. The Balaban J connectivity index is 2.44. The molecule has 0 atom stereocenters. The minimum atomic E-state index is 0.119. The minimum absolute atomic E-state index is 0.119. The highest BCUT2D eigenvalue weighted by Gasteiger charge is 2.29. The molecule has 0 saturated carbocycles. The quantitative estimate of drug-likeness (QED) is 0.774. The van der Waals surface area contributed by atoms with E-state index in [4.69, 9.17) is 0 Å². The van der Waals surface area contributed by atoms with Crippen molar-refractivity contribution in [2.24, 2.45) is 0 Å². The molecule has 2 heteroatoms. The lowest BCUT2D eigenvalue weighted by atomic mass is 9.90. The SMILES string of the molecule is CC(C)c1cc2c3c(ccc(C(C)C)c3c1)N(C)C2=O. The lowest BCUT2D eigenvalue weighted by Gasteiger charge is -2.15. The molecule has 1 heterocycles. The fourth-order valence-corrected chi connectivity index (χ4v) is 3.08. The summed E-state index contributed by atoms with van der Waals surface area (Å²) in [4.78, 5) is 14.2. The molecule has 3 rings (SSSR count). The van der Waals surface area contributed by atoms with E-state index in [0.29, 0.717) is 11.8 Å². The van der Waals surface area contributed by atoms with E-state index in [1.807, 2.05) is 7.05 Å². The van der Waals surface area contributed by atoms with Crippen molar-refractivity contribution < 1.29 is 4.79 Å². The van der Waals surface area contributed by atoms with Crippen molar-refractivity contribution in [2.75, 3.05) is 11.9 Å². The first-order valence-corrected chi connectivity index (χ1v) is 7.30. The zero-order valence-corrected chi connectivity index (χ0v) is 12.8. The van der Waals surface area contributed by atoms with Gasteiger partial charge in [-0.2, -0.15) is 0 Å². The van der Waals surface area contributed by atoms with E-state index in [9.17, 15) is 4.79 Å². The van der Waals surface area contributed by atoms with Gasteiger partial charge in [0.2, 0.25) is 0 Å². The summed E-state index contributed by atoms with van der Waals surface area (Å²) in [5.41, 5.74) is 4.48. The molecule has 0 unspecified atom stereocenters. The maximum Gasteiger partial charge on any atom is 0.258 e. The zero-order chi connectivity index (χ0) is 14.6. The maximum absolute atomic E-state index is 12.5. The average Bonchev–Trinajstić information content (AvgIpc) is 2.65. The summed E-state index contributed by atoms with van der Waals surface area (Å²) in [6.45, 7) is 8.77. The molecule has 1 amide bonds. The first-order chi connectivity index (χ1) is 9.41. The second-order valence-electron chi connectivity index (χ2n) is 6.34. The smallest absolute Gasteiger partial charge is 0.258 e. The lowest BCUT2D eigenvalue weighted by Crippen LogP contribution is -2.20. The molecular formula is C18H21NO. The number of carbonyl (C=O) groups excluding carboxylic acids is 1. The predicted octanol–water partition coefficient (Wildman–Crippen LogP) is 4.68. The van der Waals surface area contributed by atoms with Gasteiger partial charge in [0.25, 0.3) is 5.91 Å². The Hall–Kier alpha value is -1.83. The van der Waals surface area contributed by atoms with Crippen LogP contribution in [0.15, 0.2) is 24.3 Å². The fraction of sp³-hybridized carbons (Fsp3) is 0.389. The van der Waals surface area contributed by atoms with E-state index in [2.05, 4.69) is 52.0 Å². The van der Waals surface area contributed by atoms with Crippen LogP contribution in [0, 0.1) is 0 Å². The highest BCUT2D eigenvalue weighted by Crippen LogP contribution is 2.41. The average molecular weight is 267 g/mol. The Morgan fingerprint density at radius 3 is 2.30 bits per heavy atom. The molecule has 2 aromatic rings. The first-order valence-electron chi connectivity index (χ1n) is 7.30. The topological polar surface area (TPSA) is 20.3 Å². The molecule has 2 aromatic carbocycles. The Bertz CT molecular complexity index is 713. The van der Waals surface area contributed by atoms with Gasteiger partial charge in [-0.3, -0.25) is 4.79 Å². The molecule has 2 nitrogen and oxygen atoms in total. The number of amides is 1. The van der Waals surface area contributed by atoms with E-state index >= 15 is 0 Å². The highest BCUT2D eigenvalue weighted by molar-refractivity contribution is 6.25. The van der Waals surface area contributed by atoms with Crippen LogP contribution in [-0.4, -0.2) is 13.0 Å². The Labute approximate surface area is 120 Å². The molecule has 20 heavy (non-hydrogen) atoms. The van der Waals surface area contributed by atoms with Crippen LogP contribution in [-0.2, 0) is 0 Å². The first kappa shape index (κ1) is 13.2. The second kappa shape index (κ2) is 4.34. The number of anilines is 1. The van der Waals surface area contributed by atoms with E-state index < -0.39 is 0 Å². The van der Waals surface area contributed by atoms with Crippen LogP contribution in [0.5, 0.6) is 0 Å².